The summed E-state index contributed by atoms with van der Waals surface area (Å²) in [4.78, 5) is 19.2. The van der Waals surface area contributed by atoms with E-state index in [1.807, 2.05) is 24.1 Å². The summed E-state index contributed by atoms with van der Waals surface area (Å²) in [6.45, 7) is 6.58. The number of carbonyl (C=O) groups is 1. The molecule has 1 N–H and O–H groups in total. The van der Waals surface area contributed by atoms with Gasteiger partial charge >= 0.3 is 0 Å². The minimum Gasteiger partial charge on any atom is -0.340 e. The van der Waals surface area contributed by atoms with Gasteiger partial charge in [0.05, 0.1) is 6.07 Å². The van der Waals surface area contributed by atoms with Crippen LogP contribution in [0.3, 0.4) is 0 Å². The second-order valence-electron chi connectivity index (χ2n) is 6.89. The third-order valence-electron chi connectivity index (χ3n) is 5.05. The zero-order valence-electron chi connectivity index (χ0n) is 17.2. The molecule has 0 bridgehead atoms. The van der Waals surface area contributed by atoms with Crippen LogP contribution in [0.1, 0.15) is 37.1 Å². The van der Waals surface area contributed by atoms with E-state index < -0.39 is 0 Å². The predicted molar refractivity (Wildman–Crippen MR) is 123 cm³/mol. The lowest BCUT2D eigenvalue weighted by Crippen LogP contribution is -2.48. The molecule has 0 spiro atoms. The standard InChI is InChI=1S/C13H16N4O.C9H12IN/c1-11(18)16-5-7-17(8-6-16)13(9-14)12-3-2-4-15-10-12;1-7(11-2)8-5-3-4-6-9(8)10/h2-4,10,13H,5-8H2,1H3;3-7,11H,1-2H3. The molecule has 0 aliphatic carbocycles. The van der Waals surface area contributed by atoms with Crippen LogP contribution in [0.15, 0.2) is 48.8 Å². The van der Waals surface area contributed by atoms with Crippen molar-refractivity contribution in [1.82, 2.24) is 20.1 Å². The number of pyridine rings is 1. The fourth-order valence-electron chi connectivity index (χ4n) is 3.18. The first kappa shape index (κ1) is 23.3. The van der Waals surface area contributed by atoms with E-state index in [0.29, 0.717) is 19.1 Å². The van der Waals surface area contributed by atoms with Gasteiger partial charge in [-0.2, -0.15) is 5.26 Å². The van der Waals surface area contributed by atoms with Gasteiger partial charge < -0.3 is 10.2 Å². The lowest BCUT2D eigenvalue weighted by atomic mass is 10.1. The number of benzene rings is 1. The highest BCUT2D eigenvalue weighted by Crippen LogP contribution is 2.20. The maximum Gasteiger partial charge on any atom is 0.219 e. The minimum atomic E-state index is -0.271. The number of piperazine rings is 1. The van der Waals surface area contributed by atoms with Gasteiger partial charge in [0, 0.05) is 60.7 Å². The maximum atomic E-state index is 11.2. The number of halogens is 1. The number of aromatic nitrogens is 1. The summed E-state index contributed by atoms with van der Waals surface area (Å²) in [5.41, 5.74) is 2.28. The number of hydrogen-bond donors (Lipinski definition) is 1. The monoisotopic (exact) mass is 505 g/mol. The number of nitrogens with zero attached hydrogens (tertiary/aromatic N) is 4. The van der Waals surface area contributed by atoms with Crippen molar-refractivity contribution in [1.29, 1.82) is 5.26 Å². The molecule has 29 heavy (non-hydrogen) atoms. The number of nitriles is 1. The van der Waals surface area contributed by atoms with Crippen LogP contribution in [0.2, 0.25) is 0 Å². The molecule has 3 rings (SSSR count). The molecule has 1 amide bonds. The Bertz CT molecular complexity index is 815. The van der Waals surface area contributed by atoms with Crippen molar-refractivity contribution < 1.29 is 4.79 Å². The van der Waals surface area contributed by atoms with Crippen molar-refractivity contribution in [2.45, 2.75) is 25.9 Å². The molecule has 2 aromatic rings. The number of hydrogen-bond acceptors (Lipinski definition) is 5. The van der Waals surface area contributed by atoms with E-state index in [9.17, 15) is 10.1 Å². The lowest BCUT2D eigenvalue weighted by molar-refractivity contribution is -0.130. The van der Waals surface area contributed by atoms with Gasteiger partial charge in [0.1, 0.15) is 6.04 Å². The van der Waals surface area contributed by atoms with Crippen LogP contribution >= 0.6 is 22.6 Å². The van der Waals surface area contributed by atoms with Gasteiger partial charge in [0.15, 0.2) is 0 Å². The van der Waals surface area contributed by atoms with E-state index in [2.05, 4.69) is 75.0 Å². The second kappa shape index (κ2) is 11.9. The summed E-state index contributed by atoms with van der Waals surface area (Å²) in [5.74, 6) is 0.101. The molecular weight excluding hydrogens is 477 g/mol. The molecule has 1 aliphatic rings. The lowest BCUT2D eigenvalue weighted by Gasteiger charge is -2.36. The van der Waals surface area contributed by atoms with Gasteiger partial charge in [-0.3, -0.25) is 14.7 Å². The second-order valence-corrected chi connectivity index (χ2v) is 8.05. The topological polar surface area (TPSA) is 72.3 Å². The smallest absolute Gasteiger partial charge is 0.219 e. The molecule has 1 aliphatic heterocycles. The van der Waals surface area contributed by atoms with Crippen LogP contribution in [-0.4, -0.2) is 53.9 Å². The molecule has 0 radical (unpaired) electrons. The third-order valence-corrected chi connectivity index (χ3v) is 6.03. The normalized spacial score (nSPS) is 16.2. The summed E-state index contributed by atoms with van der Waals surface area (Å²) in [7, 11) is 1.98. The van der Waals surface area contributed by atoms with Crippen LogP contribution in [-0.2, 0) is 4.79 Å². The molecule has 1 aromatic heterocycles. The third kappa shape index (κ3) is 6.77. The van der Waals surface area contributed by atoms with E-state index in [-0.39, 0.29) is 11.9 Å². The number of nitrogens with one attached hydrogen (secondary N) is 1. The fraction of sp³-hybridized carbons (Fsp3) is 0.409. The summed E-state index contributed by atoms with van der Waals surface area (Å²) in [6, 6.07) is 14.7. The molecule has 1 fully saturated rings. The van der Waals surface area contributed by atoms with E-state index in [0.717, 1.165) is 18.7 Å². The van der Waals surface area contributed by atoms with E-state index >= 15 is 0 Å². The zero-order valence-corrected chi connectivity index (χ0v) is 19.3. The van der Waals surface area contributed by atoms with Crippen LogP contribution < -0.4 is 5.32 Å². The van der Waals surface area contributed by atoms with E-state index in [1.165, 1.54) is 9.13 Å². The quantitative estimate of drug-likeness (QED) is 0.646. The molecule has 6 nitrogen and oxygen atoms in total. The minimum absolute atomic E-state index is 0.101. The van der Waals surface area contributed by atoms with Gasteiger partial charge in [-0.15, -0.1) is 0 Å². The Balaban J connectivity index is 0.000000234. The summed E-state index contributed by atoms with van der Waals surface area (Å²) >= 11 is 2.36. The molecule has 2 atom stereocenters. The summed E-state index contributed by atoms with van der Waals surface area (Å²) in [5, 5.41) is 12.5. The Morgan fingerprint density at radius 1 is 1.21 bits per heavy atom. The largest absolute Gasteiger partial charge is 0.340 e. The molecule has 1 saturated heterocycles. The molecule has 2 unspecified atom stereocenters. The number of rotatable bonds is 4. The van der Waals surface area contributed by atoms with Gasteiger partial charge in [0.2, 0.25) is 5.91 Å². The Kier molecular flexibility index (Phi) is 9.51. The highest BCUT2D eigenvalue weighted by atomic mass is 127. The average Bonchev–Trinajstić information content (AvgIpc) is 2.76. The molecule has 1 aromatic carbocycles. The van der Waals surface area contributed by atoms with Crippen LogP contribution in [0.4, 0.5) is 0 Å². The zero-order chi connectivity index (χ0) is 21.2. The highest BCUT2D eigenvalue weighted by Gasteiger charge is 2.25. The highest BCUT2D eigenvalue weighted by molar-refractivity contribution is 14.1. The predicted octanol–water partition coefficient (Wildman–Crippen LogP) is 3.38. The van der Waals surface area contributed by atoms with Crippen LogP contribution in [0.25, 0.3) is 0 Å². The molecule has 2 heterocycles. The SMILES string of the molecule is CC(=O)N1CCN(C(C#N)c2cccnc2)CC1.CNC(C)c1ccccc1I. The van der Waals surface area contributed by atoms with E-state index in [1.54, 1.807) is 19.3 Å². The first-order chi connectivity index (χ1) is 14.0. The Labute approximate surface area is 187 Å². The van der Waals surface area contributed by atoms with Crippen LogP contribution in [0, 0.1) is 14.9 Å². The van der Waals surface area contributed by atoms with Crippen molar-refractivity contribution >= 4 is 28.5 Å². The Morgan fingerprint density at radius 3 is 2.41 bits per heavy atom. The van der Waals surface area contributed by atoms with Crippen molar-refractivity contribution in [3.8, 4) is 6.07 Å². The molecule has 0 saturated carbocycles. The first-order valence-electron chi connectivity index (χ1n) is 9.68. The first-order valence-corrected chi connectivity index (χ1v) is 10.8. The summed E-state index contributed by atoms with van der Waals surface area (Å²) in [6.07, 6.45) is 3.43. The molecule has 154 valence electrons. The molecular formula is C22H28IN5O. The Hall–Kier alpha value is -2.02. The summed E-state index contributed by atoms with van der Waals surface area (Å²) < 4.78 is 1.33. The number of amides is 1. The Morgan fingerprint density at radius 2 is 1.90 bits per heavy atom. The van der Waals surface area contributed by atoms with Crippen molar-refractivity contribution in [2.75, 3.05) is 33.2 Å². The van der Waals surface area contributed by atoms with Gasteiger partial charge in [0.25, 0.3) is 0 Å². The van der Waals surface area contributed by atoms with Gasteiger partial charge in [-0.05, 0) is 54.3 Å². The maximum absolute atomic E-state index is 11.2. The number of carbonyl (C=O) groups excluding carboxylic acids is 1. The van der Waals surface area contributed by atoms with Gasteiger partial charge in [-0.25, -0.2) is 0 Å². The average molecular weight is 505 g/mol. The fourth-order valence-corrected chi connectivity index (χ4v) is 4.04. The van der Waals surface area contributed by atoms with Crippen LogP contribution in [0.5, 0.6) is 0 Å². The van der Waals surface area contributed by atoms with Crippen molar-refractivity contribution in [3.63, 3.8) is 0 Å². The van der Waals surface area contributed by atoms with Crippen molar-refractivity contribution in [3.05, 3.63) is 63.5 Å². The van der Waals surface area contributed by atoms with E-state index in [4.69, 9.17) is 0 Å². The van der Waals surface area contributed by atoms with Crippen molar-refractivity contribution in [2.24, 2.45) is 0 Å². The van der Waals surface area contributed by atoms with Gasteiger partial charge in [-0.1, -0.05) is 24.3 Å². The molecule has 7 heteroatoms.